The van der Waals surface area contributed by atoms with Crippen molar-refractivity contribution in [3.8, 4) is 17.2 Å². The predicted molar refractivity (Wildman–Crippen MR) is 164 cm³/mol. The maximum Gasteiger partial charge on any atom is 0.412 e. The van der Waals surface area contributed by atoms with E-state index in [1.165, 1.54) is 6.20 Å². The highest BCUT2D eigenvalue weighted by Gasteiger charge is 2.22. The van der Waals surface area contributed by atoms with Crippen molar-refractivity contribution in [3.05, 3.63) is 96.8 Å². The molecule has 5 rings (SSSR count). The van der Waals surface area contributed by atoms with Gasteiger partial charge in [-0.1, -0.05) is 63.2 Å². The van der Waals surface area contributed by atoms with E-state index in [0.29, 0.717) is 28.8 Å². The Morgan fingerprint density at radius 3 is 2.33 bits per heavy atom. The Morgan fingerprint density at radius 1 is 0.857 bits per heavy atom. The lowest BCUT2D eigenvalue weighted by Crippen LogP contribution is -2.21. The molecule has 2 heterocycles. The molecule has 2 aromatic heterocycles. The van der Waals surface area contributed by atoms with Crippen molar-refractivity contribution < 1.29 is 19.1 Å². The van der Waals surface area contributed by atoms with Crippen LogP contribution in [-0.4, -0.2) is 33.5 Å². The van der Waals surface area contributed by atoms with Crippen LogP contribution in [-0.2, 0) is 10.2 Å². The highest BCUT2D eigenvalue weighted by molar-refractivity contribution is 6.07. The van der Waals surface area contributed by atoms with Gasteiger partial charge in [0.2, 0.25) is 0 Å². The average Bonchev–Trinajstić information content (AvgIpc) is 3.39. The van der Waals surface area contributed by atoms with Crippen LogP contribution >= 0.6 is 0 Å². The summed E-state index contributed by atoms with van der Waals surface area (Å²) in [6, 6.07) is 25.6. The largest absolute Gasteiger partial charge is 0.457 e. The highest BCUT2D eigenvalue weighted by Crippen LogP contribution is 2.35. The summed E-state index contributed by atoms with van der Waals surface area (Å²) in [6.07, 6.45) is 0.938. The number of nitrogens with one attached hydrogen (secondary N) is 3. The van der Waals surface area contributed by atoms with Crippen molar-refractivity contribution in [2.75, 3.05) is 22.6 Å². The van der Waals surface area contributed by atoms with E-state index >= 15 is 0 Å². The molecule has 10 nitrogen and oxygen atoms in total. The molecule has 0 aliphatic carbocycles. The Labute approximate surface area is 243 Å². The van der Waals surface area contributed by atoms with Crippen LogP contribution in [0.5, 0.6) is 11.5 Å². The molecule has 10 heteroatoms. The van der Waals surface area contributed by atoms with Crippen LogP contribution in [0.3, 0.4) is 0 Å². The number of aromatic nitrogens is 3. The van der Waals surface area contributed by atoms with Gasteiger partial charge in [0, 0.05) is 34.5 Å². The minimum Gasteiger partial charge on any atom is -0.457 e. The van der Waals surface area contributed by atoms with Crippen LogP contribution in [0, 0.1) is 0 Å². The molecule has 0 fully saturated rings. The first-order chi connectivity index (χ1) is 20.2. The zero-order chi connectivity index (χ0) is 29.7. The van der Waals surface area contributed by atoms with Gasteiger partial charge in [-0.2, -0.15) is 5.10 Å². The van der Waals surface area contributed by atoms with Crippen LogP contribution in [0.2, 0.25) is 0 Å². The van der Waals surface area contributed by atoms with Crippen molar-refractivity contribution in [3.63, 3.8) is 0 Å². The first kappa shape index (κ1) is 28.2. The summed E-state index contributed by atoms with van der Waals surface area (Å²) >= 11 is 0. The summed E-state index contributed by atoms with van der Waals surface area (Å²) in [7, 11) is 0. The molecule has 0 unspecified atom stereocenters. The van der Waals surface area contributed by atoms with E-state index in [2.05, 4.69) is 41.7 Å². The molecule has 0 spiro atoms. The van der Waals surface area contributed by atoms with Gasteiger partial charge in [-0.25, -0.2) is 19.3 Å². The molecular weight excluding hydrogens is 532 g/mol. The minimum atomic E-state index is -0.595. The maximum absolute atomic E-state index is 13.3. The van der Waals surface area contributed by atoms with E-state index in [4.69, 9.17) is 14.6 Å². The molecule has 0 saturated carbocycles. The van der Waals surface area contributed by atoms with E-state index in [0.717, 1.165) is 22.2 Å². The Morgan fingerprint density at radius 2 is 1.60 bits per heavy atom. The molecule has 214 valence electrons. The van der Waals surface area contributed by atoms with E-state index < -0.39 is 12.1 Å². The van der Waals surface area contributed by atoms with E-state index in [-0.39, 0.29) is 12.0 Å². The summed E-state index contributed by atoms with van der Waals surface area (Å²) in [4.78, 5) is 29.2. The number of anilines is 3. The quantitative estimate of drug-likeness (QED) is 0.186. The Kier molecular flexibility index (Phi) is 8.05. The SMILES string of the molecule is CCOC(=O)Nc1cc(Oc2ccc(NC(=O)Nc3cc(C(C)(C)C)nn3-c3ccccc3)c3ccccc23)ccn1. The van der Waals surface area contributed by atoms with Gasteiger partial charge < -0.3 is 14.8 Å². The number of rotatable bonds is 7. The fourth-order valence-electron chi connectivity index (χ4n) is 4.28. The molecule has 0 aliphatic heterocycles. The van der Waals surface area contributed by atoms with Gasteiger partial charge in [-0.15, -0.1) is 0 Å². The van der Waals surface area contributed by atoms with Crippen molar-refractivity contribution in [1.82, 2.24) is 14.8 Å². The third-order valence-electron chi connectivity index (χ3n) is 6.32. The van der Waals surface area contributed by atoms with Crippen molar-refractivity contribution in [1.29, 1.82) is 0 Å². The standard InChI is InChI=1S/C32H32N6O4/c1-5-41-31(40)35-28-19-22(17-18-33-28)42-26-16-15-25(23-13-9-10-14-24(23)26)34-30(39)36-29-20-27(32(2,3)4)37-38(29)21-11-7-6-8-12-21/h6-20H,5H2,1-4H3,(H,33,35,40)(H2,34,36,39). The molecular formula is C32H32N6O4. The molecule has 0 bridgehead atoms. The highest BCUT2D eigenvalue weighted by atomic mass is 16.5. The normalized spacial score (nSPS) is 11.1. The third kappa shape index (κ3) is 6.49. The fraction of sp³-hybridized carbons (Fsp3) is 0.188. The molecule has 3 N–H and O–H groups in total. The summed E-state index contributed by atoms with van der Waals surface area (Å²) in [5.41, 5.74) is 2.10. The fourth-order valence-corrected chi connectivity index (χ4v) is 4.28. The molecule has 5 aromatic rings. The second-order valence-electron chi connectivity index (χ2n) is 10.5. The van der Waals surface area contributed by atoms with Crippen LogP contribution in [0.15, 0.2) is 91.1 Å². The van der Waals surface area contributed by atoms with Gasteiger partial charge in [-0.05, 0) is 37.3 Å². The average molecular weight is 565 g/mol. The van der Waals surface area contributed by atoms with Crippen molar-refractivity contribution in [2.24, 2.45) is 0 Å². The topological polar surface area (TPSA) is 119 Å². The zero-order valence-corrected chi connectivity index (χ0v) is 23.8. The Bertz CT molecular complexity index is 1730. The van der Waals surface area contributed by atoms with E-state index in [1.54, 1.807) is 35.9 Å². The Balaban J connectivity index is 1.38. The number of carbonyl (C=O) groups is 2. The number of hydrogen-bond donors (Lipinski definition) is 3. The smallest absolute Gasteiger partial charge is 0.412 e. The van der Waals surface area contributed by atoms with Crippen LogP contribution in [0.4, 0.5) is 26.9 Å². The van der Waals surface area contributed by atoms with Crippen molar-refractivity contribution >= 4 is 40.2 Å². The summed E-state index contributed by atoms with van der Waals surface area (Å²) in [5.74, 6) is 1.90. The Hall–Kier alpha value is -5.38. The number of urea groups is 1. The first-order valence-corrected chi connectivity index (χ1v) is 13.5. The maximum atomic E-state index is 13.3. The molecule has 0 atom stereocenters. The summed E-state index contributed by atoms with van der Waals surface area (Å²) in [5, 5.41) is 14.9. The van der Waals surface area contributed by atoms with E-state index in [1.807, 2.05) is 60.7 Å². The molecule has 42 heavy (non-hydrogen) atoms. The number of hydrogen-bond acceptors (Lipinski definition) is 6. The van der Waals surface area contributed by atoms with Crippen LogP contribution < -0.4 is 20.7 Å². The number of pyridine rings is 1. The number of fused-ring (bicyclic) bond motifs is 1. The number of benzene rings is 3. The lowest BCUT2D eigenvalue weighted by molar-refractivity contribution is 0.168. The summed E-state index contributed by atoms with van der Waals surface area (Å²) < 4.78 is 12.8. The number of carbonyl (C=O) groups excluding carboxylic acids is 2. The molecule has 0 radical (unpaired) electrons. The van der Waals surface area contributed by atoms with Crippen LogP contribution in [0.25, 0.3) is 16.5 Å². The van der Waals surface area contributed by atoms with Gasteiger partial charge >= 0.3 is 12.1 Å². The lowest BCUT2D eigenvalue weighted by Gasteiger charge is -2.14. The molecule has 0 aliphatic rings. The second-order valence-corrected chi connectivity index (χ2v) is 10.5. The second kappa shape index (κ2) is 12.0. The monoisotopic (exact) mass is 564 g/mol. The third-order valence-corrected chi connectivity index (χ3v) is 6.32. The van der Waals surface area contributed by atoms with Gasteiger partial charge in [0.25, 0.3) is 0 Å². The zero-order valence-electron chi connectivity index (χ0n) is 23.8. The first-order valence-electron chi connectivity index (χ1n) is 13.5. The van der Waals surface area contributed by atoms with Gasteiger partial charge in [0.05, 0.1) is 23.7 Å². The predicted octanol–water partition coefficient (Wildman–Crippen LogP) is 7.72. The van der Waals surface area contributed by atoms with Gasteiger partial charge in [0.1, 0.15) is 23.1 Å². The van der Waals surface area contributed by atoms with Gasteiger partial charge in [0.15, 0.2) is 0 Å². The van der Waals surface area contributed by atoms with Gasteiger partial charge in [-0.3, -0.25) is 10.6 Å². The lowest BCUT2D eigenvalue weighted by atomic mass is 9.92. The number of nitrogens with zero attached hydrogens (tertiary/aromatic N) is 3. The number of amides is 3. The number of para-hydroxylation sites is 1. The molecule has 0 saturated heterocycles. The van der Waals surface area contributed by atoms with Crippen LogP contribution in [0.1, 0.15) is 33.4 Å². The minimum absolute atomic E-state index is 0.205. The van der Waals surface area contributed by atoms with E-state index in [9.17, 15) is 9.59 Å². The summed E-state index contributed by atoms with van der Waals surface area (Å²) in [6.45, 7) is 8.21. The number of ether oxygens (including phenoxy) is 2. The molecule has 3 amide bonds. The molecule has 3 aromatic carbocycles. The van der Waals surface area contributed by atoms with Crippen molar-refractivity contribution in [2.45, 2.75) is 33.1 Å².